The van der Waals surface area contributed by atoms with Crippen molar-refractivity contribution in [3.05, 3.63) is 4.91 Å². The van der Waals surface area contributed by atoms with E-state index in [1.807, 2.05) is 0 Å². The Balaban J connectivity index is 2.71. The second-order valence-electron chi connectivity index (χ2n) is 4.10. The Bertz CT molecular complexity index is 313. The van der Waals surface area contributed by atoms with Gasteiger partial charge in [0.15, 0.2) is 6.29 Å². The average molecular weight is 264 g/mol. The molecule has 0 aromatic rings. The van der Waals surface area contributed by atoms with E-state index in [1.54, 1.807) is 0 Å². The van der Waals surface area contributed by atoms with Gasteiger partial charge in [0.05, 0.1) is 18.0 Å². The maximum Gasteiger partial charge on any atom is 0.245 e. The van der Waals surface area contributed by atoms with E-state index in [0.717, 1.165) is 7.05 Å². The van der Waals surface area contributed by atoms with Crippen molar-refractivity contribution in [1.29, 1.82) is 0 Å². The van der Waals surface area contributed by atoms with E-state index in [9.17, 15) is 25.0 Å². The smallest absolute Gasteiger partial charge is 0.245 e. The Morgan fingerprint density at radius 1 is 1.33 bits per heavy atom. The van der Waals surface area contributed by atoms with Gasteiger partial charge in [0.25, 0.3) is 0 Å². The fraction of sp³-hybridized carbons (Fsp3) is 0.889. The highest BCUT2D eigenvalue weighted by atomic mass is 16.6. The highest BCUT2D eigenvalue weighted by Gasteiger charge is 2.44. The van der Waals surface area contributed by atoms with E-state index in [0.29, 0.717) is 5.01 Å². The summed E-state index contributed by atoms with van der Waals surface area (Å²) in [6.07, 6.45) is -5.94. The van der Waals surface area contributed by atoms with Crippen molar-refractivity contribution in [2.24, 2.45) is 11.2 Å². The molecule has 104 valence electrons. The highest BCUT2D eigenvalue weighted by molar-refractivity contribution is 5.75. The van der Waals surface area contributed by atoms with Crippen molar-refractivity contribution in [2.45, 2.75) is 31.0 Å². The number of hydrogen-bond donors (Lipinski definition) is 4. The largest absolute Gasteiger partial charge is 0.394 e. The summed E-state index contributed by atoms with van der Waals surface area (Å²) in [4.78, 5) is 21.5. The van der Waals surface area contributed by atoms with E-state index >= 15 is 0 Å². The van der Waals surface area contributed by atoms with Crippen LogP contribution in [0.4, 0.5) is 0 Å². The number of ether oxygens (including phenoxy) is 1. The van der Waals surface area contributed by atoms with Crippen molar-refractivity contribution in [1.82, 2.24) is 5.01 Å². The first-order valence-electron chi connectivity index (χ1n) is 5.32. The van der Waals surface area contributed by atoms with E-state index in [-0.39, 0.29) is 0 Å². The van der Waals surface area contributed by atoms with Crippen LogP contribution in [0.3, 0.4) is 0 Å². The molecule has 0 radical (unpaired) electrons. The van der Waals surface area contributed by atoms with Gasteiger partial charge in [-0.25, -0.2) is 0 Å². The lowest BCUT2D eigenvalue weighted by molar-refractivity contribution is -0.270. The van der Waals surface area contributed by atoms with Gasteiger partial charge in [0, 0.05) is 19.4 Å². The van der Waals surface area contributed by atoms with E-state index in [1.165, 1.54) is 0 Å². The molecule has 1 rings (SSSR count). The topological polar surface area (TPSA) is 140 Å². The Morgan fingerprint density at radius 2 is 1.94 bits per heavy atom. The number of aliphatic hydroxyl groups excluding tert-OH is 4. The zero-order valence-corrected chi connectivity index (χ0v) is 9.71. The van der Waals surface area contributed by atoms with E-state index in [2.05, 4.69) is 5.29 Å². The molecule has 5 atom stereocenters. The zero-order chi connectivity index (χ0) is 13.9. The van der Waals surface area contributed by atoms with Crippen LogP contribution in [0.5, 0.6) is 0 Å². The summed E-state index contributed by atoms with van der Waals surface area (Å²) in [5.41, 5.74) is 0. The van der Waals surface area contributed by atoms with Crippen LogP contribution in [0.1, 0.15) is 6.42 Å². The van der Waals surface area contributed by atoms with Crippen molar-refractivity contribution in [2.75, 3.05) is 13.7 Å². The number of amides is 1. The lowest BCUT2D eigenvalue weighted by Gasteiger charge is -2.39. The quantitative estimate of drug-likeness (QED) is 0.327. The summed E-state index contributed by atoms with van der Waals surface area (Å²) in [6, 6.07) is 0. The number of rotatable bonds is 4. The number of carbonyl (C=O) groups is 1. The Kier molecular flexibility index (Phi) is 5.11. The summed E-state index contributed by atoms with van der Waals surface area (Å²) in [5.74, 6) is -1.83. The van der Waals surface area contributed by atoms with Gasteiger partial charge < -0.3 is 25.2 Å². The van der Waals surface area contributed by atoms with E-state index in [4.69, 9.17) is 9.84 Å². The van der Waals surface area contributed by atoms with Crippen molar-refractivity contribution < 1.29 is 30.0 Å². The minimum Gasteiger partial charge on any atom is -0.394 e. The first-order valence-corrected chi connectivity index (χ1v) is 5.32. The van der Waals surface area contributed by atoms with Crippen LogP contribution >= 0.6 is 0 Å². The molecule has 0 aromatic carbocycles. The van der Waals surface area contributed by atoms with Gasteiger partial charge in [-0.3, -0.25) is 4.79 Å². The molecule has 0 aromatic heterocycles. The molecular formula is C9H16N2O7. The Hall–Kier alpha value is -1.13. The number of hydrogen-bond acceptors (Lipinski definition) is 8. The molecule has 1 saturated heterocycles. The molecule has 18 heavy (non-hydrogen) atoms. The van der Waals surface area contributed by atoms with Crippen molar-refractivity contribution in [3.8, 4) is 0 Å². The van der Waals surface area contributed by atoms with Crippen LogP contribution in [-0.2, 0) is 9.53 Å². The summed E-state index contributed by atoms with van der Waals surface area (Å²) in [6.45, 7) is -0.578. The molecule has 0 bridgehead atoms. The molecular weight excluding hydrogens is 248 g/mol. The third kappa shape index (κ3) is 3.00. The lowest BCUT2D eigenvalue weighted by Crippen LogP contribution is -2.56. The maximum absolute atomic E-state index is 11.4. The summed E-state index contributed by atoms with van der Waals surface area (Å²) in [5, 5.41) is 40.6. The normalized spacial score (nSPS) is 36.2. The third-order valence-corrected chi connectivity index (χ3v) is 2.92. The predicted octanol–water partition coefficient (Wildman–Crippen LogP) is -2.44. The first kappa shape index (κ1) is 14.9. The molecule has 0 saturated carbocycles. The van der Waals surface area contributed by atoms with Crippen molar-refractivity contribution in [3.63, 3.8) is 0 Å². The third-order valence-electron chi connectivity index (χ3n) is 2.92. The second kappa shape index (κ2) is 6.16. The first-order chi connectivity index (χ1) is 8.42. The molecule has 1 fully saturated rings. The van der Waals surface area contributed by atoms with Crippen LogP contribution in [0.25, 0.3) is 0 Å². The van der Waals surface area contributed by atoms with Crippen LogP contribution in [-0.4, -0.2) is 69.6 Å². The van der Waals surface area contributed by atoms with Crippen molar-refractivity contribution >= 4 is 5.91 Å². The number of nitrogens with zero attached hydrogens (tertiary/aromatic N) is 2. The maximum atomic E-state index is 11.4. The zero-order valence-electron chi connectivity index (χ0n) is 9.71. The summed E-state index contributed by atoms with van der Waals surface area (Å²) >= 11 is 0. The molecule has 5 unspecified atom stereocenters. The highest BCUT2D eigenvalue weighted by Crippen LogP contribution is 2.27. The van der Waals surface area contributed by atoms with Gasteiger partial charge in [-0.15, -0.1) is 4.91 Å². The monoisotopic (exact) mass is 264 g/mol. The molecule has 1 aliphatic rings. The number of aliphatic hydroxyl groups is 4. The van der Waals surface area contributed by atoms with Gasteiger partial charge >= 0.3 is 0 Å². The summed E-state index contributed by atoms with van der Waals surface area (Å²) in [7, 11) is 1.13. The standard InChI is InChI=1S/C9H16N2O7/c1-11(10-17)6(13)2-4-7(14)8(15)5(3-12)18-9(4)16/h4-5,7-9,12,14-16H,2-3H2,1H3. The van der Waals surface area contributed by atoms with Crippen LogP contribution in [0, 0.1) is 10.8 Å². The van der Waals surface area contributed by atoms with Crippen LogP contribution in [0.2, 0.25) is 0 Å². The Labute approximate surface area is 103 Å². The minimum atomic E-state index is -1.52. The summed E-state index contributed by atoms with van der Waals surface area (Å²) < 4.78 is 4.86. The van der Waals surface area contributed by atoms with Crippen LogP contribution < -0.4 is 0 Å². The molecule has 9 nitrogen and oxygen atoms in total. The van der Waals surface area contributed by atoms with Gasteiger partial charge in [-0.1, -0.05) is 0 Å². The number of nitroso groups, excluding NO2 is 1. The van der Waals surface area contributed by atoms with Crippen LogP contribution in [0.15, 0.2) is 5.29 Å². The van der Waals surface area contributed by atoms with Gasteiger partial charge in [-0.2, -0.15) is 5.01 Å². The van der Waals surface area contributed by atoms with Gasteiger partial charge in [0.2, 0.25) is 5.91 Å². The average Bonchev–Trinajstić information content (AvgIpc) is 2.37. The van der Waals surface area contributed by atoms with Gasteiger partial charge in [0.1, 0.15) is 12.2 Å². The molecule has 0 spiro atoms. The molecule has 1 heterocycles. The number of carbonyl (C=O) groups excluding carboxylic acids is 1. The van der Waals surface area contributed by atoms with E-state index < -0.39 is 49.5 Å². The fourth-order valence-electron chi connectivity index (χ4n) is 1.75. The molecule has 1 amide bonds. The van der Waals surface area contributed by atoms with Gasteiger partial charge in [-0.05, 0) is 0 Å². The minimum absolute atomic E-state index is 0.417. The Morgan fingerprint density at radius 3 is 2.44 bits per heavy atom. The second-order valence-corrected chi connectivity index (χ2v) is 4.10. The molecule has 9 heteroatoms. The fourth-order valence-corrected chi connectivity index (χ4v) is 1.75. The molecule has 4 N–H and O–H groups in total. The molecule has 1 aliphatic heterocycles. The lowest BCUT2D eigenvalue weighted by atomic mass is 9.88. The predicted molar refractivity (Wildman–Crippen MR) is 56.7 cm³/mol. The molecule has 0 aliphatic carbocycles. The SMILES string of the molecule is CN(N=O)C(=O)CC1C(O)OC(CO)C(O)C1O.